The van der Waals surface area contributed by atoms with Crippen LogP contribution in [-0.2, 0) is 28.6 Å². The zero-order valence-corrected chi connectivity index (χ0v) is 34.6. The second-order valence-electron chi connectivity index (χ2n) is 14.7. The minimum atomic E-state index is -0.780. The summed E-state index contributed by atoms with van der Waals surface area (Å²) in [5.41, 5.74) is 0. The van der Waals surface area contributed by atoms with E-state index in [1.807, 2.05) is 6.08 Å². The van der Waals surface area contributed by atoms with Gasteiger partial charge in [-0.3, -0.25) is 14.4 Å². The molecule has 306 valence electrons. The van der Waals surface area contributed by atoms with Gasteiger partial charge in [-0.1, -0.05) is 172 Å². The van der Waals surface area contributed by atoms with E-state index in [1.54, 1.807) is 0 Å². The Morgan fingerprint density at radius 3 is 1.28 bits per heavy atom. The minimum Gasteiger partial charge on any atom is -0.462 e. The number of hydrogen-bond donors (Lipinski definition) is 0. The van der Waals surface area contributed by atoms with Crippen LogP contribution >= 0.6 is 0 Å². The molecule has 0 spiro atoms. The number of hydrogen-bond acceptors (Lipinski definition) is 6. The molecule has 6 nitrogen and oxygen atoms in total. The fraction of sp³-hybridized carbons (Fsp3) is 0.766. The summed E-state index contributed by atoms with van der Waals surface area (Å²) in [6.07, 6.45) is 47.1. The summed E-state index contributed by atoms with van der Waals surface area (Å²) in [4.78, 5) is 37.6. The van der Waals surface area contributed by atoms with Gasteiger partial charge in [0.2, 0.25) is 0 Å². The Morgan fingerprint density at radius 1 is 0.453 bits per heavy atom. The molecular weight excluding hydrogens is 661 g/mol. The summed E-state index contributed by atoms with van der Waals surface area (Å²) >= 11 is 0. The number of rotatable bonds is 40. The highest BCUT2D eigenvalue weighted by Gasteiger charge is 2.19. The molecule has 1 atom stereocenters. The molecule has 0 aliphatic heterocycles. The largest absolute Gasteiger partial charge is 0.462 e. The van der Waals surface area contributed by atoms with Gasteiger partial charge in [0, 0.05) is 19.3 Å². The van der Waals surface area contributed by atoms with E-state index in [0.29, 0.717) is 19.3 Å². The van der Waals surface area contributed by atoms with E-state index in [2.05, 4.69) is 56.9 Å². The predicted molar refractivity (Wildman–Crippen MR) is 224 cm³/mol. The van der Waals surface area contributed by atoms with Crippen LogP contribution < -0.4 is 0 Å². The summed E-state index contributed by atoms with van der Waals surface area (Å²) in [7, 11) is 0. The van der Waals surface area contributed by atoms with Crippen LogP contribution in [0, 0.1) is 0 Å². The Labute approximate surface area is 327 Å². The van der Waals surface area contributed by atoms with Gasteiger partial charge in [-0.15, -0.1) is 6.58 Å². The van der Waals surface area contributed by atoms with Gasteiger partial charge in [-0.2, -0.15) is 0 Å². The Morgan fingerprint density at radius 2 is 0.830 bits per heavy atom. The lowest BCUT2D eigenvalue weighted by molar-refractivity contribution is -0.167. The fourth-order valence-corrected chi connectivity index (χ4v) is 6.14. The molecule has 0 radical (unpaired) electrons. The van der Waals surface area contributed by atoms with Crippen molar-refractivity contribution in [3.8, 4) is 0 Å². The van der Waals surface area contributed by atoms with E-state index in [9.17, 15) is 14.4 Å². The average Bonchev–Trinajstić information content (AvgIpc) is 3.15. The van der Waals surface area contributed by atoms with E-state index in [4.69, 9.17) is 14.2 Å². The first-order valence-corrected chi connectivity index (χ1v) is 22.1. The summed E-state index contributed by atoms with van der Waals surface area (Å²) in [6.45, 7) is 7.99. The predicted octanol–water partition coefficient (Wildman–Crippen LogP) is 14.0. The first kappa shape index (κ1) is 50.4. The normalized spacial score (nSPS) is 12.2. The Bertz CT molecular complexity index is 935. The van der Waals surface area contributed by atoms with Gasteiger partial charge in [0.05, 0.1) is 0 Å². The molecule has 0 heterocycles. The first-order chi connectivity index (χ1) is 26.0. The molecule has 0 N–H and O–H groups in total. The molecule has 0 aromatic carbocycles. The molecule has 6 heteroatoms. The molecule has 0 aliphatic rings. The third kappa shape index (κ3) is 40.4. The standard InChI is InChI=1S/C47H82O6/c1-4-7-10-13-16-18-20-22-23-25-26-28-31-34-37-40-46(49)52-43-44(42-51-45(48)39-36-33-30-15-12-9-6-3)53-47(50)41-38-35-32-29-27-24-21-19-17-14-11-8-5-2/h6-7,10,16,18,22-23,44H,3-5,8-9,11-15,17,19-21,24-43H2,1-2H3/b10-7-,18-16-,23-22-. The van der Waals surface area contributed by atoms with E-state index in [0.717, 1.165) is 116 Å². The number of allylic oxidation sites excluding steroid dienone is 7. The molecule has 1 unspecified atom stereocenters. The molecule has 0 fully saturated rings. The lowest BCUT2D eigenvalue weighted by Gasteiger charge is -2.18. The van der Waals surface area contributed by atoms with Crippen LogP contribution in [0.5, 0.6) is 0 Å². The third-order valence-electron chi connectivity index (χ3n) is 9.46. The van der Waals surface area contributed by atoms with E-state index >= 15 is 0 Å². The van der Waals surface area contributed by atoms with Gasteiger partial charge >= 0.3 is 17.9 Å². The van der Waals surface area contributed by atoms with Crippen molar-refractivity contribution in [2.24, 2.45) is 0 Å². The molecule has 0 aromatic rings. The number of ether oxygens (including phenoxy) is 3. The molecule has 0 saturated heterocycles. The molecule has 0 amide bonds. The van der Waals surface area contributed by atoms with Crippen LogP contribution in [0.1, 0.15) is 213 Å². The van der Waals surface area contributed by atoms with Crippen molar-refractivity contribution in [2.75, 3.05) is 13.2 Å². The number of esters is 3. The Balaban J connectivity index is 4.32. The number of unbranched alkanes of at least 4 members (excludes halogenated alkanes) is 22. The maximum atomic E-state index is 12.7. The van der Waals surface area contributed by atoms with E-state index in [1.165, 1.54) is 64.2 Å². The van der Waals surface area contributed by atoms with Gasteiger partial charge in [0.15, 0.2) is 6.10 Å². The lowest BCUT2D eigenvalue weighted by atomic mass is 10.0. The molecule has 53 heavy (non-hydrogen) atoms. The highest BCUT2D eigenvalue weighted by molar-refractivity contribution is 5.71. The molecule has 0 rings (SSSR count). The average molecular weight is 743 g/mol. The SMILES string of the molecule is C=CCCCCCCCC(=O)OCC(COC(=O)CCCCCCC/C=C\C/C=C\C/C=C\CC)OC(=O)CCCCCCCCCCCCCCC. The Kier molecular flexibility index (Phi) is 40.0. The number of carbonyl (C=O) groups is 3. The number of carbonyl (C=O) groups excluding carboxylic acids is 3. The van der Waals surface area contributed by atoms with E-state index < -0.39 is 6.10 Å². The molecule has 0 aromatic heterocycles. The van der Waals surface area contributed by atoms with Crippen LogP contribution in [0.4, 0.5) is 0 Å². The van der Waals surface area contributed by atoms with Crippen LogP contribution in [0.3, 0.4) is 0 Å². The topological polar surface area (TPSA) is 78.9 Å². The van der Waals surface area contributed by atoms with Gasteiger partial charge in [0.1, 0.15) is 13.2 Å². The van der Waals surface area contributed by atoms with Crippen molar-refractivity contribution >= 4 is 17.9 Å². The lowest BCUT2D eigenvalue weighted by Crippen LogP contribution is -2.30. The van der Waals surface area contributed by atoms with Crippen LogP contribution in [0.25, 0.3) is 0 Å². The van der Waals surface area contributed by atoms with Crippen LogP contribution in [0.15, 0.2) is 49.1 Å². The second-order valence-corrected chi connectivity index (χ2v) is 14.7. The second kappa shape index (κ2) is 42.1. The van der Waals surface area contributed by atoms with Crippen molar-refractivity contribution in [1.82, 2.24) is 0 Å². The van der Waals surface area contributed by atoms with Gasteiger partial charge in [-0.05, 0) is 64.2 Å². The van der Waals surface area contributed by atoms with Crippen LogP contribution in [-0.4, -0.2) is 37.2 Å². The summed E-state index contributed by atoms with van der Waals surface area (Å²) in [5.74, 6) is -0.926. The van der Waals surface area contributed by atoms with Gasteiger partial charge in [-0.25, -0.2) is 0 Å². The van der Waals surface area contributed by atoms with Crippen molar-refractivity contribution < 1.29 is 28.6 Å². The quantitative estimate of drug-likeness (QED) is 0.0269. The van der Waals surface area contributed by atoms with Crippen molar-refractivity contribution in [3.63, 3.8) is 0 Å². The summed E-state index contributed by atoms with van der Waals surface area (Å²) < 4.78 is 16.6. The zero-order valence-electron chi connectivity index (χ0n) is 34.6. The van der Waals surface area contributed by atoms with Crippen molar-refractivity contribution in [3.05, 3.63) is 49.1 Å². The monoisotopic (exact) mass is 743 g/mol. The maximum Gasteiger partial charge on any atom is 0.306 e. The van der Waals surface area contributed by atoms with Gasteiger partial charge in [0.25, 0.3) is 0 Å². The highest BCUT2D eigenvalue weighted by Crippen LogP contribution is 2.14. The molecular formula is C47H82O6. The third-order valence-corrected chi connectivity index (χ3v) is 9.46. The van der Waals surface area contributed by atoms with Gasteiger partial charge < -0.3 is 14.2 Å². The maximum absolute atomic E-state index is 12.7. The highest BCUT2D eigenvalue weighted by atomic mass is 16.6. The molecule has 0 bridgehead atoms. The zero-order chi connectivity index (χ0) is 38.7. The summed E-state index contributed by atoms with van der Waals surface area (Å²) in [5, 5.41) is 0. The van der Waals surface area contributed by atoms with Crippen molar-refractivity contribution in [1.29, 1.82) is 0 Å². The molecule has 0 aliphatic carbocycles. The van der Waals surface area contributed by atoms with E-state index in [-0.39, 0.29) is 31.1 Å². The van der Waals surface area contributed by atoms with Crippen LogP contribution in [0.2, 0.25) is 0 Å². The fourth-order valence-electron chi connectivity index (χ4n) is 6.14. The van der Waals surface area contributed by atoms with Crippen molar-refractivity contribution in [2.45, 2.75) is 219 Å². The molecule has 0 saturated carbocycles. The first-order valence-electron chi connectivity index (χ1n) is 22.1. The Hall–Kier alpha value is -2.63. The summed E-state index contributed by atoms with van der Waals surface area (Å²) in [6, 6.07) is 0. The minimum absolute atomic E-state index is 0.0865. The smallest absolute Gasteiger partial charge is 0.306 e.